The normalized spacial score (nSPS) is 14.1. The monoisotopic (exact) mass is 1280 g/mol. The van der Waals surface area contributed by atoms with Gasteiger partial charge in [-0.3, -0.25) is 37.3 Å². The lowest BCUT2D eigenvalue weighted by Crippen LogP contribution is -2.30. The number of hydrogen-bond acceptors (Lipinski definition) is 15. The zero-order valence-corrected chi connectivity index (χ0v) is 57.8. The van der Waals surface area contributed by atoms with Crippen LogP contribution in [0.4, 0.5) is 0 Å². The summed E-state index contributed by atoms with van der Waals surface area (Å²) in [5, 5.41) is 10.5. The summed E-state index contributed by atoms with van der Waals surface area (Å²) < 4.78 is 68.1. The lowest BCUT2D eigenvalue weighted by molar-refractivity contribution is -0.161. The van der Waals surface area contributed by atoms with Gasteiger partial charge in [0.2, 0.25) is 0 Å². The quantitative estimate of drug-likeness (QED) is 0.0222. The Morgan fingerprint density at radius 1 is 0.276 bits per heavy atom. The molecule has 0 fully saturated rings. The molecule has 0 spiro atoms. The number of rotatable bonds is 69. The number of ether oxygens (including phenoxy) is 4. The summed E-state index contributed by atoms with van der Waals surface area (Å²) in [7, 11) is -9.89. The van der Waals surface area contributed by atoms with Gasteiger partial charge in [0.25, 0.3) is 0 Å². The molecule has 0 bridgehead atoms. The van der Waals surface area contributed by atoms with E-state index in [1.54, 1.807) is 0 Å². The highest BCUT2D eigenvalue weighted by Crippen LogP contribution is 2.45. The Morgan fingerprint density at radius 2 is 0.460 bits per heavy atom. The molecule has 0 aliphatic carbocycles. The predicted molar refractivity (Wildman–Crippen MR) is 349 cm³/mol. The van der Waals surface area contributed by atoms with Crippen molar-refractivity contribution in [1.29, 1.82) is 0 Å². The molecule has 0 aromatic rings. The lowest BCUT2D eigenvalue weighted by Gasteiger charge is -2.21. The molecule has 0 amide bonds. The van der Waals surface area contributed by atoms with Crippen LogP contribution in [0.5, 0.6) is 0 Å². The van der Waals surface area contributed by atoms with Gasteiger partial charge in [0.15, 0.2) is 12.2 Å². The highest BCUT2D eigenvalue weighted by molar-refractivity contribution is 7.47. The van der Waals surface area contributed by atoms with Crippen LogP contribution in [-0.4, -0.2) is 96.7 Å². The molecular formula is C68H132O17P2. The Hall–Kier alpha value is -1.94. The maximum absolute atomic E-state index is 13.0. The van der Waals surface area contributed by atoms with Gasteiger partial charge in [-0.15, -0.1) is 0 Å². The van der Waals surface area contributed by atoms with E-state index in [0.717, 1.165) is 103 Å². The molecule has 0 heterocycles. The van der Waals surface area contributed by atoms with Gasteiger partial charge in [-0.25, -0.2) is 9.13 Å². The van der Waals surface area contributed by atoms with Crippen molar-refractivity contribution >= 4 is 39.5 Å². The highest BCUT2D eigenvalue weighted by Gasteiger charge is 2.30. The Bertz CT molecular complexity index is 1670. The van der Waals surface area contributed by atoms with Crippen LogP contribution in [0.15, 0.2) is 0 Å². The van der Waals surface area contributed by atoms with Crippen LogP contribution < -0.4 is 0 Å². The molecule has 2 unspecified atom stereocenters. The van der Waals surface area contributed by atoms with Crippen molar-refractivity contribution < 1.29 is 80.2 Å². The SMILES string of the molecule is CCCCCCCCCCCCCCCCCCC(=O)O[C@H](COC(=O)CCCCCCCCCCCCCCCCC)COP(=O)(O)OC[C@@H](O)COP(=O)(O)OC[C@@H](COC(=O)CCCCCCCCCC)OC(=O)CCCCCCCCCC. The molecule has 0 aliphatic heterocycles. The number of carbonyl (C=O) groups is 4. The van der Waals surface area contributed by atoms with Crippen LogP contribution in [-0.2, 0) is 65.4 Å². The Labute approximate surface area is 530 Å². The van der Waals surface area contributed by atoms with Crippen molar-refractivity contribution in [3.8, 4) is 0 Å². The van der Waals surface area contributed by atoms with E-state index in [-0.39, 0.29) is 25.7 Å². The topological polar surface area (TPSA) is 237 Å². The molecule has 17 nitrogen and oxygen atoms in total. The minimum Gasteiger partial charge on any atom is -0.462 e. The van der Waals surface area contributed by atoms with Gasteiger partial charge >= 0.3 is 39.5 Å². The van der Waals surface area contributed by atoms with Gasteiger partial charge in [0, 0.05) is 25.7 Å². The number of aliphatic hydroxyl groups is 1. The third kappa shape index (κ3) is 62.6. The van der Waals surface area contributed by atoms with E-state index < -0.39 is 97.5 Å². The van der Waals surface area contributed by atoms with E-state index in [4.69, 9.17) is 37.0 Å². The molecule has 0 aliphatic rings. The van der Waals surface area contributed by atoms with Gasteiger partial charge in [-0.05, 0) is 25.7 Å². The van der Waals surface area contributed by atoms with Gasteiger partial charge in [-0.1, -0.05) is 304 Å². The van der Waals surface area contributed by atoms with Crippen LogP contribution >= 0.6 is 15.6 Å². The standard InChI is InChI=1S/C68H132O17P2/c1-5-9-13-17-21-25-27-29-31-33-35-37-39-43-47-51-55-68(73)85-64(59-79-66(71)53-49-45-42-38-36-34-32-30-28-26-22-18-14-10-6-2)61-83-87(76,77)81-57-62(69)56-80-86(74,75)82-60-63(84-67(72)54-50-46-41-24-20-16-12-8-4)58-78-65(70)52-48-44-40-23-19-15-11-7-3/h62-64,69H,5-61H2,1-4H3,(H,74,75)(H,76,77)/t62-,63+,64+/m0/s1. The summed E-state index contributed by atoms with van der Waals surface area (Å²) in [4.78, 5) is 72.3. The number of phosphoric acid groups is 2. The summed E-state index contributed by atoms with van der Waals surface area (Å²) >= 11 is 0. The summed E-state index contributed by atoms with van der Waals surface area (Å²) in [6.45, 7) is 4.88. The summed E-state index contributed by atoms with van der Waals surface area (Å²) in [6.07, 6.45) is 50.0. The maximum atomic E-state index is 13.0. The maximum Gasteiger partial charge on any atom is 0.472 e. The number of carbonyl (C=O) groups excluding carboxylic acids is 4. The molecule has 0 aromatic heterocycles. The second-order valence-electron chi connectivity index (χ2n) is 24.6. The Kier molecular flexibility index (Phi) is 61.4. The fourth-order valence-electron chi connectivity index (χ4n) is 10.3. The second kappa shape index (κ2) is 62.8. The van der Waals surface area contributed by atoms with Gasteiger partial charge in [0.1, 0.15) is 19.3 Å². The third-order valence-electron chi connectivity index (χ3n) is 15.9. The molecular weight excluding hydrogens is 1150 g/mol. The predicted octanol–water partition coefficient (Wildman–Crippen LogP) is 19.5. The second-order valence-corrected chi connectivity index (χ2v) is 27.5. The third-order valence-corrected chi connectivity index (χ3v) is 17.8. The Morgan fingerprint density at radius 3 is 0.678 bits per heavy atom. The average Bonchev–Trinajstić information content (AvgIpc) is 3.71. The minimum absolute atomic E-state index is 0.105. The summed E-state index contributed by atoms with van der Waals surface area (Å²) in [5.74, 6) is -2.13. The molecule has 87 heavy (non-hydrogen) atoms. The van der Waals surface area contributed by atoms with Crippen molar-refractivity contribution in [3.05, 3.63) is 0 Å². The smallest absolute Gasteiger partial charge is 0.462 e. The van der Waals surface area contributed by atoms with Crippen molar-refractivity contribution in [2.45, 2.75) is 373 Å². The lowest BCUT2D eigenvalue weighted by atomic mass is 10.0. The van der Waals surface area contributed by atoms with E-state index in [1.807, 2.05) is 0 Å². The zero-order chi connectivity index (χ0) is 64.0. The van der Waals surface area contributed by atoms with E-state index in [1.165, 1.54) is 173 Å². The fourth-order valence-corrected chi connectivity index (χ4v) is 11.9. The molecule has 0 radical (unpaired) electrons. The van der Waals surface area contributed by atoms with E-state index in [0.29, 0.717) is 25.7 Å². The van der Waals surface area contributed by atoms with Gasteiger partial charge in [0.05, 0.1) is 26.4 Å². The molecule has 0 saturated heterocycles. The number of hydrogen-bond donors (Lipinski definition) is 3. The van der Waals surface area contributed by atoms with Gasteiger partial charge in [-0.2, -0.15) is 0 Å². The molecule has 0 aromatic carbocycles. The minimum atomic E-state index is -4.95. The summed E-state index contributed by atoms with van der Waals surface area (Å²) in [6, 6.07) is 0. The highest BCUT2D eigenvalue weighted by atomic mass is 31.2. The molecule has 0 saturated carbocycles. The zero-order valence-electron chi connectivity index (χ0n) is 56.0. The van der Waals surface area contributed by atoms with Crippen LogP contribution in [0.3, 0.4) is 0 Å². The largest absolute Gasteiger partial charge is 0.472 e. The summed E-state index contributed by atoms with van der Waals surface area (Å²) in [5.41, 5.74) is 0. The van der Waals surface area contributed by atoms with E-state index in [9.17, 15) is 43.2 Å². The molecule has 19 heteroatoms. The molecule has 5 atom stereocenters. The van der Waals surface area contributed by atoms with Crippen LogP contribution in [0.1, 0.15) is 355 Å². The van der Waals surface area contributed by atoms with Gasteiger partial charge < -0.3 is 33.8 Å². The van der Waals surface area contributed by atoms with Crippen molar-refractivity contribution in [1.82, 2.24) is 0 Å². The number of phosphoric ester groups is 2. The number of unbranched alkanes of at least 4 members (excludes halogenated alkanes) is 43. The van der Waals surface area contributed by atoms with Crippen molar-refractivity contribution in [2.24, 2.45) is 0 Å². The average molecular weight is 1280 g/mol. The molecule has 3 N–H and O–H groups in total. The number of aliphatic hydroxyl groups excluding tert-OH is 1. The van der Waals surface area contributed by atoms with E-state index >= 15 is 0 Å². The van der Waals surface area contributed by atoms with E-state index in [2.05, 4.69) is 27.7 Å². The number of esters is 4. The first kappa shape index (κ1) is 85.1. The van der Waals surface area contributed by atoms with Crippen molar-refractivity contribution in [2.75, 3.05) is 39.6 Å². The van der Waals surface area contributed by atoms with Crippen LogP contribution in [0.2, 0.25) is 0 Å². The molecule has 0 rings (SSSR count). The Balaban J connectivity index is 5.18. The van der Waals surface area contributed by atoms with Crippen LogP contribution in [0, 0.1) is 0 Å². The van der Waals surface area contributed by atoms with Crippen LogP contribution in [0.25, 0.3) is 0 Å². The fraction of sp³-hybridized carbons (Fsp3) is 0.941. The molecule has 516 valence electrons. The first-order valence-corrected chi connectivity index (χ1v) is 38.8. The first-order valence-electron chi connectivity index (χ1n) is 35.8. The van der Waals surface area contributed by atoms with Crippen molar-refractivity contribution in [3.63, 3.8) is 0 Å². The first-order chi connectivity index (χ1) is 42.2.